The Labute approximate surface area is 317 Å². The summed E-state index contributed by atoms with van der Waals surface area (Å²) in [4.78, 5) is 40.8. The van der Waals surface area contributed by atoms with Gasteiger partial charge in [0, 0.05) is 66.6 Å². The Kier molecular flexibility index (Phi) is 14.5. The molecular formula is C40H42BrF2N3O7. The fourth-order valence-electron chi connectivity index (χ4n) is 5.99. The van der Waals surface area contributed by atoms with Crippen LogP contribution in [0.5, 0.6) is 17.2 Å². The molecule has 10 nitrogen and oxygen atoms in total. The number of esters is 1. The fourth-order valence-corrected chi connectivity index (χ4v) is 5.99. The van der Waals surface area contributed by atoms with Crippen molar-refractivity contribution >= 4 is 28.5 Å². The number of aryl methyl sites for hydroxylation is 1. The van der Waals surface area contributed by atoms with Crippen molar-refractivity contribution in [1.29, 1.82) is 0 Å². The Balaban J connectivity index is 0.00000627. The molecule has 2 heterocycles. The summed E-state index contributed by atoms with van der Waals surface area (Å²) in [7, 11) is 4.40. The number of ether oxygens (including phenoxy) is 4. The second-order valence-electron chi connectivity index (χ2n) is 12.1. The normalized spacial score (nSPS) is 10.8. The zero-order valence-electron chi connectivity index (χ0n) is 30.1. The van der Waals surface area contributed by atoms with E-state index in [0.29, 0.717) is 40.6 Å². The topological polar surface area (TPSA) is 100 Å². The van der Waals surface area contributed by atoms with E-state index >= 15 is 0 Å². The zero-order chi connectivity index (χ0) is 37.2. The highest BCUT2D eigenvalue weighted by atomic mass is 79.9. The first-order valence-corrected chi connectivity index (χ1v) is 17.1. The number of carbonyl (C=O) groups excluding carboxylic acids is 2. The number of rotatable bonds is 16. The third-order valence-electron chi connectivity index (χ3n) is 8.65. The van der Waals surface area contributed by atoms with Gasteiger partial charge in [-0.05, 0) is 50.1 Å². The van der Waals surface area contributed by atoms with E-state index in [1.807, 2.05) is 16.8 Å². The van der Waals surface area contributed by atoms with Gasteiger partial charge in [-0.3, -0.25) is 9.59 Å². The summed E-state index contributed by atoms with van der Waals surface area (Å²) in [6, 6.07) is 16.6. The Hall–Kier alpha value is -5.30. The molecule has 0 atom stereocenters. The summed E-state index contributed by atoms with van der Waals surface area (Å²) in [5.74, 6) is -1.23. The Morgan fingerprint density at radius 1 is 0.830 bits per heavy atom. The van der Waals surface area contributed by atoms with Crippen LogP contribution in [0.3, 0.4) is 0 Å². The number of methoxy groups -OCH3 is 3. The second-order valence-corrected chi connectivity index (χ2v) is 12.1. The van der Waals surface area contributed by atoms with Gasteiger partial charge in [-0.25, -0.2) is 18.1 Å². The van der Waals surface area contributed by atoms with Gasteiger partial charge < -0.3 is 45.4 Å². The highest BCUT2D eigenvalue weighted by Crippen LogP contribution is 2.30. The molecule has 5 aromatic rings. The molecule has 0 saturated carbocycles. The average Bonchev–Trinajstić information content (AvgIpc) is 3.15. The van der Waals surface area contributed by atoms with E-state index in [-0.39, 0.29) is 46.1 Å². The molecule has 0 unspecified atom stereocenters. The van der Waals surface area contributed by atoms with Gasteiger partial charge in [-0.1, -0.05) is 12.8 Å². The highest BCUT2D eigenvalue weighted by molar-refractivity contribution is 6.07. The van der Waals surface area contributed by atoms with Crippen molar-refractivity contribution in [2.75, 3.05) is 39.4 Å². The molecule has 2 aromatic heterocycles. The van der Waals surface area contributed by atoms with Crippen LogP contribution in [-0.2, 0) is 11.3 Å². The van der Waals surface area contributed by atoms with Crippen molar-refractivity contribution in [3.05, 3.63) is 118 Å². The van der Waals surface area contributed by atoms with Crippen molar-refractivity contribution < 1.29 is 58.9 Å². The minimum Gasteiger partial charge on any atom is -1.00 e. The molecule has 0 N–H and O–H groups in total. The first-order valence-electron chi connectivity index (χ1n) is 17.1. The molecule has 3 aromatic carbocycles. The molecule has 1 amide bonds. The van der Waals surface area contributed by atoms with Crippen molar-refractivity contribution in [3.63, 3.8) is 0 Å². The lowest BCUT2D eigenvalue weighted by Crippen LogP contribution is -3.00. The molecule has 0 saturated heterocycles. The third kappa shape index (κ3) is 9.98. The number of nitrogens with zero attached hydrogens (tertiary/aromatic N) is 3. The average molecular weight is 795 g/mol. The standard InChI is InChI=1S/C40H42F2N3O7.BrH/c1-5-44(30-19-28(41)18-29(42)20-30)39(47)36-26-45(31-21-33(49-2)23-34(22-31)50-3)37-24-32(13-14-35(37)38(36)46)52-17-10-8-6-7-9-15-43-16-11-12-27(25-43)40(48)51-4;/h11-14,16,18-26H,5-10,15,17H2,1-4H3;1H/q+1;/p-1. The SMILES string of the molecule is CCN(C(=O)c1cn(-c2cc(OC)cc(OC)c2)c2cc(OCCCCCCC[n+]3cccc(C(=O)OC)c3)ccc2c1=O)c1cc(F)cc(F)c1.[Br-]. The summed E-state index contributed by atoms with van der Waals surface area (Å²) in [6.45, 7) is 2.98. The summed E-state index contributed by atoms with van der Waals surface area (Å²) < 4.78 is 53.8. The first-order chi connectivity index (χ1) is 25.1. The molecule has 0 aliphatic rings. The van der Waals surface area contributed by atoms with E-state index in [0.717, 1.165) is 61.7 Å². The Bertz CT molecular complexity index is 2080. The number of benzene rings is 3. The summed E-state index contributed by atoms with van der Waals surface area (Å²) in [5.41, 5.74) is 0.802. The molecule has 0 spiro atoms. The molecule has 0 fully saturated rings. The van der Waals surface area contributed by atoms with E-state index in [1.54, 1.807) is 60.2 Å². The van der Waals surface area contributed by atoms with E-state index in [1.165, 1.54) is 27.5 Å². The summed E-state index contributed by atoms with van der Waals surface area (Å²) in [5, 5.41) is 0.247. The number of fused-ring (bicyclic) bond motifs is 1. The number of carbonyl (C=O) groups is 2. The van der Waals surface area contributed by atoms with Crippen LogP contribution in [0.4, 0.5) is 14.5 Å². The molecule has 0 aliphatic carbocycles. The first kappa shape index (κ1) is 40.5. The molecule has 5 rings (SSSR count). The van der Waals surface area contributed by atoms with Crippen molar-refractivity contribution in [2.24, 2.45) is 0 Å². The Morgan fingerprint density at radius 2 is 1.51 bits per heavy atom. The Morgan fingerprint density at radius 3 is 2.17 bits per heavy atom. The van der Waals surface area contributed by atoms with E-state index in [4.69, 9.17) is 18.9 Å². The number of pyridine rings is 2. The molecule has 53 heavy (non-hydrogen) atoms. The lowest BCUT2D eigenvalue weighted by molar-refractivity contribution is -0.697. The van der Waals surface area contributed by atoms with Crippen LogP contribution in [-0.4, -0.2) is 50.9 Å². The van der Waals surface area contributed by atoms with Gasteiger partial charge in [-0.15, -0.1) is 0 Å². The summed E-state index contributed by atoms with van der Waals surface area (Å²) >= 11 is 0. The van der Waals surface area contributed by atoms with Crippen LogP contribution in [0.15, 0.2) is 90.1 Å². The monoisotopic (exact) mass is 793 g/mol. The van der Waals surface area contributed by atoms with Crippen LogP contribution in [0, 0.1) is 11.6 Å². The number of hydrogen-bond acceptors (Lipinski definition) is 7. The van der Waals surface area contributed by atoms with Crippen LogP contribution >= 0.6 is 0 Å². The minimum absolute atomic E-state index is 0. The lowest BCUT2D eigenvalue weighted by Gasteiger charge is -2.22. The van der Waals surface area contributed by atoms with Crippen LogP contribution < -0.4 is 46.1 Å². The second kappa shape index (κ2) is 19.0. The molecule has 280 valence electrons. The van der Waals surface area contributed by atoms with Crippen molar-refractivity contribution in [3.8, 4) is 22.9 Å². The minimum atomic E-state index is -0.841. The van der Waals surface area contributed by atoms with Crippen LogP contribution in [0.25, 0.3) is 16.6 Å². The van der Waals surface area contributed by atoms with Crippen LogP contribution in [0.2, 0.25) is 0 Å². The number of halogens is 3. The van der Waals surface area contributed by atoms with Crippen molar-refractivity contribution in [1.82, 2.24) is 4.57 Å². The smallest absolute Gasteiger partial charge is 0.343 e. The zero-order valence-corrected chi connectivity index (χ0v) is 31.7. The third-order valence-corrected chi connectivity index (χ3v) is 8.65. The van der Waals surface area contributed by atoms with Gasteiger partial charge in [0.2, 0.25) is 5.43 Å². The van der Waals surface area contributed by atoms with Gasteiger partial charge in [-0.2, -0.15) is 0 Å². The molecular weight excluding hydrogens is 752 g/mol. The quantitative estimate of drug-likeness (QED) is 0.0845. The van der Waals surface area contributed by atoms with E-state index in [9.17, 15) is 23.2 Å². The molecule has 13 heteroatoms. The molecule has 0 aliphatic heterocycles. The van der Waals surface area contributed by atoms with Gasteiger partial charge in [0.15, 0.2) is 12.4 Å². The van der Waals surface area contributed by atoms with Gasteiger partial charge >= 0.3 is 5.97 Å². The maximum atomic E-state index is 14.1. The lowest BCUT2D eigenvalue weighted by atomic mass is 10.1. The summed E-state index contributed by atoms with van der Waals surface area (Å²) in [6.07, 6.45) is 9.94. The largest absolute Gasteiger partial charge is 1.00 e. The number of aromatic nitrogens is 2. The molecule has 0 radical (unpaired) electrons. The van der Waals surface area contributed by atoms with Gasteiger partial charge in [0.05, 0.1) is 39.1 Å². The number of amides is 1. The number of anilines is 1. The highest BCUT2D eigenvalue weighted by Gasteiger charge is 2.24. The fraction of sp³-hybridized carbons (Fsp3) is 0.300. The maximum absolute atomic E-state index is 14.1. The van der Waals surface area contributed by atoms with Gasteiger partial charge in [0.1, 0.15) is 46.6 Å². The number of hydrogen-bond donors (Lipinski definition) is 0. The van der Waals surface area contributed by atoms with E-state index < -0.39 is 23.0 Å². The molecule has 0 bridgehead atoms. The van der Waals surface area contributed by atoms with E-state index in [2.05, 4.69) is 0 Å². The van der Waals surface area contributed by atoms with Crippen molar-refractivity contribution in [2.45, 2.75) is 45.6 Å². The predicted octanol–water partition coefficient (Wildman–Crippen LogP) is 4.06. The number of unbranched alkanes of at least 4 members (excludes halogenated alkanes) is 4. The van der Waals surface area contributed by atoms with Gasteiger partial charge in [0.25, 0.3) is 5.91 Å². The van der Waals surface area contributed by atoms with Crippen LogP contribution in [0.1, 0.15) is 59.7 Å². The maximum Gasteiger partial charge on any atom is 0.343 e. The predicted molar refractivity (Wildman–Crippen MR) is 193 cm³/mol.